The Labute approximate surface area is 89.6 Å². The zero-order chi connectivity index (χ0) is 10.5. The second-order valence-corrected chi connectivity index (χ2v) is 3.70. The predicted octanol–water partition coefficient (Wildman–Crippen LogP) is 0.321. The Balaban J connectivity index is 2.33. The molecule has 1 N–H and O–H groups in total. The molecule has 0 spiro atoms. The summed E-state index contributed by atoms with van der Waals surface area (Å²) in [6.07, 6.45) is 0. The summed E-state index contributed by atoms with van der Waals surface area (Å²) < 4.78 is 0. The molecule has 3 aromatic rings. The monoisotopic (exact) mass is 209 g/mol. The van der Waals surface area contributed by atoms with Gasteiger partial charge in [0, 0.05) is 10.9 Å². The molecule has 76 valence electrons. The SMILES string of the molecule is c1ccc2c(c1)[nH]c1nc3c(nc12)=NCN=3. The van der Waals surface area contributed by atoms with Gasteiger partial charge in [0.05, 0.1) is 0 Å². The first kappa shape index (κ1) is 7.92. The maximum atomic E-state index is 4.49. The summed E-state index contributed by atoms with van der Waals surface area (Å²) in [6.45, 7) is 0.444. The van der Waals surface area contributed by atoms with Crippen LogP contribution in [0.2, 0.25) is 0 Å². The van der Waals surface area contributed by atoms with E-state index in [1.54, 1.807) is 0 Å². The average Bonchev–Trinajstić information content (AvgIpc) is 2.88. The first-order valence-electron chi connectivity index (χ1n) is 5.05. The normalized spacial score (nSPS) is 13.8. The molecule has 3 heterocycles. The molecule has 0 amide bonds. The largest absolute Gasteiger partial charge is 0.338 e. The van der Waals surface area contributed by atoms with Gasteiger partial charge in [-0.25, -0.2) is 20.0 Å². The van der Waals surface area contributed by atoms with Gasteiger partial charge in [-0.15, -0.1) is 0 Å². The molecule has 0 fully saturated rings. The standard InChI is InChI=1S/C11H7N5/c1-2-4-7-6(3-1)8-9(14-7)16-11-10(15-8)12-5-13-11/h1-4H,5H2,(H,13,14,16). The summed E-state index contributed by atoms with van der Waals surface area (Å²) in [5.74, 6) is 0. The van der Waals surface area contributed by atoms with Crippen LogP contribution in [0.5, 0.6) is 0 Å². The van der Waals surface area contributed by atoms with Crippen molar-refractivity contribution in [2.24, 2.45) is 9.98 Å². The Morgan fingerprint density at radius 1 is 1.00 bits per heavy atom. The predicted molar refractivity (Wildman–Crippen MR) is 58.6 cm³/mol. The Morgan fingerprint density at radius 3 is 2.75 bits per heavy atom. The van der Waals surface area contributed by atoms with Crippen LogP contribution in [0.3, 0.4) is 0 Å². The third-order valence-electron chi connectivity index (χ3n) is 2.74. The first-order valence-corrected chi connectivity index (χ1v) is 5.05. The molecule has 5 heteroatoms. The fourth-order valence-electron chi connectivity index (χ4n) is 2.00. The van der Waals surface area contributed by atoms with E-state index in [9.17, 15) is 0 Å². The zero-order valence-corrected chi connectivity index (χ0v) is 8.31. The third-order valence-corrected chi connectivity index (χ3v) is 2.74. The fourth-order valence-corrected chi connectivity index (χ4v) is 2.00. The number of H-pyrrole nitrogens is 1. The van der Waals surface area contributed by atoms with Crippen molar-refractivity contribution < 1.29 is 0 Å². The highest BCUT2D eigenvalue weighted by atomic mass is 15.1. The van der Waals surface area contributed by atoms with Gasteiger partial charge in [0.1, 0.15) is 12.2 Å². The highest BCUT2D eigenvalue weighted by molar-refractivity contribution is 6.03. The molecule has 0 radical (unpaired) electrons. The number of para-hydroxylation sites is 1. The molecule has 16 heavy (non-hydrogen) atoms. The van der Waals surface area contributed by atoms with Crippen LogP contribution in [0.4, 0.5) is 0 Å². The first-order chi connectivity index (χ1) is 7.92. The molecule has 0 bridgehead atoms. The Kier molecular flexibility index (Phi) is 1.30. The minimum Gasteiger partial charge on any atom is -0.338 e. The van der Waals surface area contributed by atoms with E-state index in [-0.39, 0.29) is 0 Å². The lowest BCUT2D eigenvalue weighted by atomic mass is 10.2. The van der Waals surface area contributed by atoms with Crippen LogP contribution in [0.1, 0.15) is 0 Å². The fraction of sp³-hybridized carbons (Fsp3) is 0.0909. The van der Waals surface area contributed by atoms with Crippen LogP contribution in [-0.4, -0.2) is 21.6 Å². The molecule has 0 unspecified atom stereocenters. The zero-order valence-electron chi connectivity index (χ0n) is 8.31. The summed E-state index contributed by atoms with van der Waals surface area (Å²) in [6, 6.07) is 8.02. The van der Waals surface area contributed by atoms with Crippen molar-refractivity contribution in [3.05, 3.63) is 35.2 Å². The van der Waals surface area contributed by atoms with E-state index < -0.39 is 0 Å². The van der Waals surface area contributed by atoms with Crippen molar-refractivity contribution in [1.29, 1.82) is 0 Å². The quantitative estimate of drug-likeness (QED) is 0.579. The van der Waals surface area contributed by atoms with Gasteiger partial charge in [-0.1, -0.05) is 18.2 Å². The number of nitrogens with one attached hydrogen (secondary N) is 1. The van der Waals surface area contributed by atoms with Crippen LogP contribution in [0.15, 0.2) is 34.3 Å². The van der Waals surface area contributed by atoms with Crippen LogP contribution in [-0.2, 0) is 0 Å². The minimum absolute atomic E-state index is 0.444. The molecule has 0 atom stereocenters. The number of benzene rings is 1. The Morgan fingerprint density at radius 2 is 1.81 bits per heavy atom. The summed E-state index contributed by atoms with van der Waals surface area (Å²) in [5.41, 5.74) is 3.98. The molecule has 0 saturated heterocycles. The molecule has 1 aliphatic rings. The van der Waals surface area contributed by atoms with E-state index in [2.05, 4.69) is 24.9 Å². The van der Waals surface area contributed by atoms with Crippen LogP contribution >= 0.6 is 0 Å². The summed E-state index contributed by atoms with van der Waals surface area (Å²) >= 11 is 0. The number of aromatic amines is 1. The second kappa shape index (κ2) is 2.63. The maximum Gasteiger partial charge on any atom is 0.196 e. The summed E-state index contributed by atoms with van der Waals surface area (Å²) in [4.78, 5) is 20.5. The van der Waals surface area contributed by atoms with Crippen molar-refractivity contribution in [2.45, 2.75) is 0 Å². The van der Waals surface area contributed by atoms with Gasteiger partial charge < -0.3 is 4.98 Å². The summed E-state index contributed by atoms with van der Waals surface area (Å²) in [7, 11) is 0. The van der Waals surface area contributed by atoms with Gasteiger partial charge in [0.2, 0.25) is 0 Å². The van der Waals surface area contributed by atoms with E-state index in [0.29, 0.717) is 17.6 Å². The van der Waals surface area contributed by atoms with Crippen LogP contribution in [0.25, 0.3) is 22.1 Å². The van der Waals surface area contributed by atoms with Gasteiger partial charge in [-0.05, 0) is 6.07 Å². The smallest absolute Gasteiger partial charge is 0.196 e. The van der Waals surface area contributed by atoms with E-state index in [1.165, 1.54) is 0 Å². The molecular weight excluding hydrogens is 202 g/mol. The molecule has 0 saturated carbocycles. The lowest BCUT2D eigenvalue weighted by Crippen LogP contribution is -2.28. The van der Waals surface area contributed by atoms with Gasteiger partial charge in [0.25, 0.3) is 0 Å². The van der Waals surface area contributed by atoms with Gasteiger partial charge in [-0.2, -0.15) is 0 Å². The number of nitrogens with zero attached hydrogens (tertiary/aromatic N) is 4. The van der Waals surface area contributed by atoms with Crippen molar-refractivity contribution in [2.75, 3.05) is 6.67 Å². The highest BCUT2D eigenvalue weighted by Crippen LogP contribution is 2.19. The van der Waals surface area contributed by atoms with Crippen LogP contribution in [0, 0.1) is 0 Å². The van der Waals surface area contributed by atoms with Crippen molar-refractivity contribution >= 4 is 22.1 Å². The lowest BCUT2D eigenvalue weighted by Gasteiger charge is -1.87. The molecule has 0 aliphatic carbocycles. The minimum atomic E-state index is 0.444. The molecule has 4 rings (SSSR count). The van der Waals surface area contributed by atoms with E-state index in [4.69, 9.17) is 0 Å². The molecule has 5 nitrogen and oxygen atoms in total. The van der Waals surface area contributed by atoms with Crippen molar-refractivity contribution in [1.82, 2.24) is 15.0 Å². The van der Waals surface area contributed by atoms with Gasteiger partial charge >= 0.3 is 0 Å². The Bertz CT molecular complexity index is 831. The average molecular weight is 209 g/mol. The number of rotatable bonds is 0. The Hall–Kier alpha value is -2.30. The number of hydrogen-bond acceptors (Lipinski definition) is 4. The van der Waals surface area contributed by atoms with Gasteiger partial charge in [0.15, 0.2) is 16.6 Å². The molecule has 2 aromatic heterocycles. The number of aromatic nitrogens is 3. The van der Waals surface area contributed by atoms with Crippen molar-refractivity contribution in [3.63, 3.8) is 0 Å². The summed E-state index contributed by atoms with van der Waals surface area (Å²) in [5, 5.41) is 1.08. The molecular formula is C11H7N5. The molecule has 1 aromatic carbocycles. The number of hydrogen-bond donors (Lipinski definition) is 1. The van der Waals surface area contributed by atoms with E-state index in [0.717, 1.165) is 22.1 Å². The third kappa shape index (κ3) is 0.894. The van der Waals surface area contributed by atoms with Crippen molar-refractivity contribution in [3.8, 4) is 0 Å². The van der Waals surface area contributed by atoms with E-state index >= 15 is 0 Å². The second-order valence-electron chi connectivity index (χ2n) is 3.70. The number of fused-ring (bicyclic) bond motifs is 4. The van der Waals surface area contributed by atoms with Crippen LogP contribution < -0.4 is 11.0 Å². The lowest BCUT2D eigenvalue weighted by molar-refractivity contribution is 1.04. The van der Waals surface area contributed by atoms with Gasteiger partial charge in [-0.3, -0.25) is 0 Å². The van der Waals surface area contributed by atoms with E-state index in [1.807, 2.05) is 24.3 Å². The topological polar surface area (TPSA) is 66.3 Å². The molecule has 1 aliphatic heterocycles. The highest BCUT2D eigenvalue weighted by Gasteiger charge is 2.08. The maximum absolute atomic E-state index is 4.49.